The summed E-state index contributed by atoms with van der Waals surface area (Å²) in [5, 5.41) is 2.59. The van der Waals surface area contributed by atoms with Crippen LogP contribution in [0.4, 0.5) is 10.2 Å². The number of pyridine rings is 1. The van der Waals surface area contributed by atoms with E-state index in [4.69, 9.17) is 10.5 Å². The Morgan fingerprint density at radius 1 is 1.53 bits per heavy atom. The molecule has 3 N–H and O–H groups in total. The van der Waals surface area contributed by atoms with E-state index in [0.29, 0.717) is 19.8 Å². The third-order valence-corrected chi connectivity index (χ3v) is 2.34. The van der Waals surface area contributed by atoms with Crippen LogP contribution in [0.3, 0.4) is 0 Å². The molecule has 106 valence electrons. The quantitative estimate of drug-likeness (QED) is 0.687. The van der Waals surface area contributed by atoms with Crippen molar-refractivity contribution in [1.29, 1.82) is 0 Å². The van der Waals surface area contributed by atoms with Gasteiger partial charge in [0.05, 0.1) is 25.0 Å². The van der Waals surface area contributed by atoms with Crippen LogP contribution in [0.25, 0.3) is 0 Å². The number of nitrogens with zero attached hydrogens (tertiary/aromatic N) is 2. The number of nitrogens with two attached hydrogens (primary N) is 1. The lowest BCUT2D eigenvalue weighted by Gasteiger charge is -2.10. The molecular formula is C12H19FN4O2. The van der Waals surface area contributed by atoms with E-state index < -0.39 is 11.7 Å². The zero-order valence-electron chi connectivity index (χ0n) is 11.1. The van der Waals surface area contributed by atoms with Gasteiger partial charge in [0, 0.05) is 13.1 Å². The fraction of sp³-hybridized carbons (Fsp3) is 0.500. The molecule has 1 rings (SSSR count). The lowest BCUT2D eigenvalue weighted by atomic mass is 10.2. The summed E-state index contributed by atoms with van der Waals surface area (Å²) in [5.74, 6) is -1.05. The van der Waals surface area contributed by atoms with Crippen LogP contribution < -0.4 is 11.1 Å². The Kier molecular flexibility index (Phi) is 6.17. The SMILES string of the molecule is CN(C)CCOCCNC(=O)c1cc(F)cnc1N. The number of carbonyl (C=O) groups is 1. The molecule has 0 radical (unpaired) electrons. The fourth-order valence-electron chi connectivity index (χ4n) is 1.31. The van der Waals surface area contributed by atoms with E-state index in [9.17, 15) is 9.18 Å². The minimum absolute atomic E-state index is 0.00688. The molecule has 7 heteroatoms. The molecule has 6 nitrogen and oxygen atoms in total. The van der Waals surface area contributed by atoms with Crippen molar-refractivity contribution in [3.05, 3.63) is 23.6 Å². The molecule has 0 aliphatic carbocycles. The van der Waals surface area contributed by atoms with Gasteiger partial charge in [-0.3, -0.25) is 4.79 Å². The number of aromatic nitrogens is 1. The van der Waals surface area contributed by atoms with Crippen LogP contribution in [0.5, 0.6) is 0 Å². The molecule has 1 aromatic rings. The Hall–Kier alpha value is -1.73. The first kappa shape index (κ1) is 15.3. The van der Waals surface area contributed by atoms with Crippen LogP contribution in [-0.4, -0.2) is 56.2 Å². The molecule has 19 heavy (non-hydrogen) atoms. The van der Waals surface area contributed by atoms with Crippen molar-refractivity contribution >= 4 is 11.7 Å². The van der Waals surface area contributed by atoms with E-state index in [1.54, 1.807) is 0 Å². The molecule has 0 aliphatic rings. The molecule has 0 spiro atoms. The number of carbonyl (C=O) groups excluding carboxylic acids is 1. The smallest absolute Gasteiger partial charge is 0.255 e. The van der Waals surface area contributed by atoms with Gasteiger partial charge in [0.25, 0.3) is 5.91 Å². The molecule has 1 aromatic heterocycles. The number of rotatable bonds is 7. The largest absolute Gasteiger partial charge is 0.383 e. The van der Waals surface area contributed by atoms with E-state index in [1.807, 2.05) is 19.0 Å². The summed E-state index contributed by atoms with van der Waals surface area (Å²) in [5.41, 5.74) is 5.54. The third kappa shape index (κ3) is 5.62. The normalized spacial score (nSPS) is 10.7. The van der Waals surface area contributed by atoms with Crippen molar-refractivity contribution in [3.63, 3.8) is 0 Å². The van der Waals surface area contributed by atoms with Gasteiger partial charge in [0.15, 0.2) is 0 Å². The zero-order chi connectivity index (χ0) is 14.3. The van der Waals surface area contributed by atoms with Gasteiger partial charge in [0.1, 0.15) is 11.6 Å². The van der Waals surface area contributed by atoms with Gasteiger partial charge >= 0.3 is 0 Å². The first-order chi connectivity index (χ1) is 9.00. The van der Waals surface area contributed by atoms with E-state index >= 15 is 0 Å². The Balaban J connectivity index is 2.29. The number of halogens is 1. The fourth-order valence-corrected chi connectivity index (χ4v) is 1.31. The lowest BCUT2D eigenvalue weighted by Crippen LogP contribution is -2.29. The Morgan fingerprint density at radius 2 is 2.26 bits per heavy atom. The van der Waals surface area contributed by atoms with Gasteiger partial charge in [-0.1, -0.05) is 0 Å². The number of hydrogen-bond donors (Lipinski definition) is 2. The molecule has 0 atom stereocenters. The van der Waals surface area contributed by atoms with Crippen LogP contribution >= 0.6 is 0 Å². The molecule has 0 bridgehead atoms. The van der Waals surface area contributed by atoms with Crippen molar-refractivity contribution in [2.24, 2.45) is 0 Å². The predicted octanol–water partition coefficient (Wildman–Crippen LogP) is 0.111. The topological polar surface area (TPSA) is 80.5 Å². The van der Waals surface area contributed by atoms with Crippen LogP contribution in [0.2, 0.25) is 0 Å². The number of amides is 1. The van der Waals surface area contributed by atoms with E-state index in [2.05, 4.69) is 10.3 Å². The van der Waals surface area contributed by atoms with E-state index in [-0.39, 0.29) is 11.4 Å². The number of hydrogen-bond acceptors (Lipinski definition) is 5. The first-order valence-electron chi connectivity index (χ1n) is 5.92. The van der Waals surface area contributed by atoms with E-state index in [0.717, 1.165) is 18.8 Å². The Morgan fingerprint density at radius 3 is 2.95 bits per heavy atom. The van der Waals surface area contributed by atoms with Gasteiger partial charge in [-0.2, -0.15) is 0 Å². The maximum absolute atomic E-state index is 12.9. The van der Waals surface area contributed by atoms with Gasteiger partial charge in [-0.05, 0) is 20.2 Å². The van der Waals surface area contributed by atoms with Gasteiger partial charge in [-0.25, -0.2) is 9.37 Å². The van der Waals surface area contributed by atoms with E-state index in [1.165, 1.54) is 0 Å². The third-order valence-electron chi connectivity index (χ3n) is 2.34. The second-order valence-electron chi connectivity index (χ2n) is 4.26. The maximum Gasteiger partial charge on any atom is 0.255 e. The Bertz CT molecular complexity index is 426. The molecule has 0 aliphatic heterocycles. The minimum atomic E-state index is -0.596. The molecule has 1 amide bonds. The zero-order valence-corrected chi connectivity index (χ0v) is 11.1. The first-order valence-corrected chi connectivity index (χ1v) is 5.92. The minimum Gasteiger partial charge on any atom is -0.383 e. The lowest BCUT2D eigenvalue weighted by molar-refractivity contribution is 0.0900. The van der Waals surface area contributed by atoms with Crippen LogP contribution in [0.15, 0.2) is 12.3 Å². The van der Waals surface area contributed by atoms with Gasteiger partial charge in [0.2, 0.25) is 0 Å². The number of ether oxygens (including phenoxy) is 1. The van der Waals surface area contributed by atoms with Crippen LogP contribution in [0.1, 0.15) is 10.4 Å². The average Bonchev–Trinajstić information content (AvgIpc) is 2.36. The highest BCUT2D eigenvalue weighted by Gasteiger charge is 2.11. The standard InChI is InChI=1S/C12H19FN4O2/c1-17(2)4-6-19-5-3-15-12(18)10-7-9(13)8-16-11(10)14/h7-8H,3-6H2,1-2H3,(H2,14,16)(H,15,18). The number of nitrogen functional groups attached to an aromatic ring is 1. The highest BCUT2D eigenvalue weighted by molar-refractivity contribution is 5.98. The summed E-state index contributed by atoms with van der Waals surface area (Å²) in [6.07, 6.45) is 0.969. The van der Waals surface area contributed by atoms with Gasteiger partial charge < -0.3 is 20.7 Å². The molecule has 1 heterocycles. The van der Waals surface area contributed by atoms with Crippen molar-refractivity contribution in [3.8, 4) is 0 Å². The van der Waals surface area contributed by atoms with Crippen molar-refractivity contribution < 1.29 is 13.9 Å². The maximum atomic E-state index is 12.9. The number of likely N-dealkylation sites (N-methyl/N-ethyl adjacent to an activating group) is 1. The van der Waals surface area contributed by atoms with Crippen LogP contribution in [0, 0.1) is 5.82 Å². The van der Waals surface area contributed by atoms with Crippen molar-refractivity contribution in [2.45, 2.75) is 0 Å². The molecular weight excluding hydrogens is 251 g/mol. The second-order valence-corrected chi connectivity index (χ2v) is 4.26. The summed E-state index contributed by atoms with van der Waals surface area (Å²) in [6, 6.07) is 1.06. The van der Waals surface area contributed by atoms with Gasteiger partial charge in [-0.15, -0.1) is 0 Å². The molecule has 0 fully saturated rings. The summed E-state index contributed by atoms with van der Waals surface area (Å²) in [6.45, 7) is 2.13. The van der Waals surface area contributed by atoms with Crippen molar-refractivity contribution in [1.82, 2.24) is 15.2 Å². The van der Waals surface area contributed by atoms with Crippen molar-refractivity contribution in [2.75, 3.05) is 46.1 Å². The number of anilines is 1. The predicted molar refractivity (Wildman–Crippen MR) is 70.3 cm³/mol. The molecule has 0 saturated heterocycles. The second kappa shape index (κ2) is 7.65. The number of nitrogens with one attached hydrogen (secondary N) is 1. The highest BCUT2D eigenvalue weighted by Crippen LogP contribution is 2.09. The molecule has 0 saturated carbocycles. The summed E-state index contributed by atoms with van der Waals surface area (Å²) in [7, 11) is 3.90. The molecule has 0 aromatic carbocycles. The summed E-state index contributed by atoms with van der Waals surface area (Å²) < 4.78 is 18.3. The molecule has 0 unspecified atom stereocenters. The van der Waals surface area contributed by atoms with Crippen LogP contribution in [-0.2, 0) is 4.74 Å². The average molecular weight is 270 g/mol. The highest BCUT2D eigenvalue weighted by atomic mass is 19.1. The summed E-state index contributed by atoms with van der Waals surface area (Å²) >= 11 is 0. The Labute approximate surface area is 111 Å². The monoisotopic (exact) mass is 270 g/mol. The summed E-state index contributed by atoms with van der Waals surface area (Å²) in [4.78, 5) is 17.3.